The summed E-state index contributed by atoms with van der Waals surface area (Å²) in [7, 11) is 4.47. The Kier molecular flexibility index (Phi) is 8.33. The third kappa shape index (κ3) is 5.70. The molecule has 2 amide bonds. The summed E-state index contributed by atoms with van der Waals surface area (Å²) in [5, 5.41) is 5.88. The van der Waals surface area contributed by atoms with Crippen LogP contribution in [0.2, 0.25) is 0 Å². The Hall–Kier alpha value is -2.74. The average Bonchev–Trinajstić information content (AvgIpc) is 3.08. The van der Waals surface area contributed by atoms with Gasteiger partial charge >= 0.3 is 0 Å². The summed E-state index contributed by atoms with van der Waals surface area (Å²) in [6.07, 6.45) is 0. The van der Waals surface area contributed by atoms with Crippen molar-refractivity contribution in [3.05, 3.63) is 39.1 Å². The molecular weight excluding hydrogens is 416 g/mol. The highest BCUT2D eigenvalue weighted by Gasteiger charge is 2.27. The lowest BCUT2D eigenvalue weighted by molar-refractivity contribution is -0.124. The van der Waals surface area contributed by atoms with E-state index in [1.54, 1.807) is 23.5 Å². The molecule has 170 valence electrons. The highest BCUT2D eigenvalue weighted by molar-refractivity contribution is 7.12. The first-order valence-corrected chi connectivity index (χ1v) is 10.9. The summed E-state index contributed by atoms with van der Waals surface area (Å²) in [5.74, 6) is 0.400. The van der Waals surface area contributed by atoms with Crippen LogP contribution in [0.5, 0.6) is 17.2 Å². The molecule has 2 rings (SSSR count). The number of thiophene rings is 1. The molecule has 0 aliphatic heterocycles. The van der Waals surface area contributed by atoms with Crippen LogP contribution in [0.25, 0.3) is 0 Å². The maximum absolute atomic E-state index is 13.0. The van der Waals surface area contributed by atoms with Crippen LogP contribution in [0, 0.1) is 19.8 Å². The summed E-state index contributed by atoms with van der Waals surface area (Å²) in [6.45, 7) is 9.83. The van der Waals surface area contributed by atoms with Gasteiger partial charge in [-0.05, 0) is 50.5 Å². The van der Waals surface area contributed by atoms with Gasteiger partial charge in [-0.2, -0.15) is 0 Å². The predicted octanol–water partition coefficient (Wildman–Crippen LogP) is 4.02. The molecule has 2 atom stereocenters. The number of carbonyl (C=O) groups excluding carboxylic acids is 2. The van der Waals surface area contributed by atoms with Crippen LogP contribution in [0.3, 0.4) is 0 Å². The Balaban J connectivity index is 2.22. The first kappa shape index (κ1) is 24.5. The van der Waals surface area contributed by atoms with Gasteiger partial charge < -0.3 is 24.8 Å². The molecule has 1 heterocycles. The van der Waals surface area contributed by atoms with E-state index >= 15 is 0 Å². The van der Waals surface area contributed by atoms with E-state index < -0.39 is 11.9 Å². The Labute approximate surface area is 188 Å². The van der Waals surface area contributed by atoms with Crippen molar-refractivity contribution in [3.63, 3.8) is 0 Å². The lowest BCUT2D eigenvalue weighted by Gasteiger charge is -2.24. The molecule has 8 heteroatoms. The zero-order valence-corrected chi connectivity index (χ0v) is 20.2. The van der Waals surface area contributed by atoms with Gasteiger partial charge in [0.25, 0.3) is 5.91 Å². The van der Waals surface area contributed by atoms with Gasteiger partial charge in [-0.25, -0.2) is 0 Å². The first-order chi connectivity index (χ1) is 14.6. The van der Waals surface area contributed by atoms with Crippen LogP contribution in [0.1, 0.15) is 52.5 Å². The largest absolute Gasteiger partial charge is 0.493 e. The van der Waals surface area contributed by atoms with Crippen molar-refractivity contribution in [3.8, 4) is 17.2 Å². The second-order valence-corrected chi connectivity index (χ2v) is 9.17. The van der Waals surface area contributed by atoms with Crippen LogP contribution in [-0.4, -0.2) is 39.2 Å². The maximum Gasteiger partial charge on any atom is 0.252 e. The molecule has 0 bridgehead atoms. The average molecular weight is 449 g/mol. The third-order valence-corrected chi connectivity index (χ3v) is 6.05. The van der Waals surface area contributed by atoms with Crippen molar-refractivity contribution in [1.82, 2.24) is 10.6 Å². The second kappa shape index (κ2) is 10.5. The van der Waals surface area contributed by atoms with E-state index in [1.165, 1.54) is 31.1 Å². The summed E-state index contributed by atoms with van der Waals surface area (Å²) < 4.78 is 15.9. The van der Waals surface area contributed by atoms with Crippen LogP contribution in [-0.2, 0) is 4.79 Å². The van der Waals surface area contributed by atoms with Crippen molar-refractivity contribution in [2.75, 3.05) is 21.3 Å². The van der Waals surface area contributed by atoms with Crippen LogP contribution < -0.4 is 24.8 Å². The molecule has 1 aromatic carbocycles. The Morgan fingerprint density at radius 1 is 0.903 bits per heavy atom. The van der Waals surface area contributed by atoms with E-state index in [9.17, 15) is 9.59 Å². The minimum atomic E-state index is -0.700. The fraction of sp³-hybridized carbons (Fsp3) is 0.478. The van der Waals surface area contributed by atoms with Crippen molar-refractivity contribution in [2.45, 2.75) is 46.7 Å². The highest BCUT2D eigenvalue weighted by atomic mass is 32.1. The Bertz CT molecular complexity index is 913. The predicted molar refractivity (Wildman–Crippen MR) is 123 cm³/mol. The van der Waals surface area contributed by atoms with Gasteiger partial charge in [0.1, 0.15) is 6.04 Å². The number of nitrogens with one attached hydrogen (secondary N) is 2. The van der Waals surface area contributed by atoms with Crippen LogP contribution in [0.4, 0.5) is 0 Å². The molecule has 0 saturated heterocycles. The molecule has 0 aliphatic rings. The number of hydrogen-bond acceptors (Lipinski definition) is 6. The highest BCUT2D eigenvalue weighted by Crippen LogP contribution is 2.38. The first-order valence-electron chi connectivity index (χ1n) is 10.1. The maximum atomic E-state index is 13.0. The molecule has 31 heavy (non-hydrogen) atoms. The van der Waals surface area contributed by atoms with E-state index in [1.807, 2.05) is 34.6 Å². The van der Waals surface area contributed by atoms with E-state index in [2.05, 4.69) is 16.7 Å². The number of hydrogen-bond donors (Lipinski definition) is 2. The summed E-state index contributed by atoms with van der Waals surface area (Å²) in [4.78, 5) is 28.4. The number of ether oxygens (including phenoxy) is 3. The van der Waals surface area contributed by atoms with Crippen molar-refractivity contribution >= 4 is 23.2 Å². The zero-order chi connectivity index (χ0) is 23.3. The lowest BCUT2D eigenvalue weighted by Crippen LogP contribution is -2.50. The van der Waals surface area contributed by atoms with E-state index in [4.69, 9.17) is 14.2 Å². The normalized spacial score (nSPS) is 12.8. The molecule has 0 spiro atoms. The molecule has 2 aromatic rings. The number of aryl methyl sites for hydroxylation is 2. The fourth-order valence-corrected chi connectivity index (χ4v) is 4.46. The standard InChI is InChI=1S/C23H32N2O5S/c1-12(2)20(23(27)24-14(4)17-9-13(3)31-15(17)5)25-22(26)16-10-18(28-6)21(30-8)19(11-16)29-7/h9-12,14,20H,1-8H3,(H,24,27)(H,25,26)/t14-,20-/m0/s1. The molecule has 0 aliphatic carbocycles. The summed E-state index contributed by atoms with van der Waals surface area (Å²) in [5.41, 5.74) is 1.40. The van der Waals surface area contributed by atoms with Gasteiger partial charge in [-0.3, -0.25) is 9.59 Å². The topological polar surface area (TPSA) is 85.9 Å². The second-order valence-electron chi connectivity index (χ2n) is 7.71. The van der Waals surface area contributed by atoms with Gasteiger partial charge in [-0.15, -0.1) is 11.3 Å². The van der Waals surface area contributed by atoms with Crippen LogP contribution >= 0.6 is 11.3 Å². The van der Waals surface area contributed by atoms with Gasteiger partial charge in [0.2, 0.25) is 11.7 Å². The zero-order valence-electron chi connectivity index (χ0n) is 19.4. The lowest BCUT2D eigenvalue weighted by atomic mass is 10.0. The molecule has 0 fully saturated rings. The smallest absolute Gasteiger partial charge is 0.252 e. The van der Waals surface area contributed by atoms with Gasteiger partial charge in [0.15, 0.2) is 11.5 Å². The van der Waals surface area contributed by atoms with E-state index in [0.717, 1.165) is 5.56 Å². The summed E-state index contributed by atoms with van der Waals surface area (Å²) in [6, 6.07) is 4.35. The van der Waals surface area contributed by atoms with Gasteiger partial charge in [-0.1, -0.05) is 13.8 Å². The van der Waals surface area contributed by atoms with Gasteiger partial charge in [0.05, 0.1) is 27.4 Å². The molecular formula is C23H32N2O5S. The number of rotatable bonds is 9. The van der Waals surface area contributed by atoms with Crippen LogP contribution in [0.15, 0.2) is 18.2 Å². The number of benzene rings is 1. The number of methoxy groups -OCH3 is 3. The van der Waals surface area contributed by atoms with Crippen molar-refractivity contribution in [1.29, 1.82) is 0 Å². The third-order valence-electron chi connectivity index (χ3n) is 5.07. The molecule has 0 radical (unpaired) electrons. The Morgan fingerprint density at radius 2 is 1.48 bits per heavy atom. The molecule has 0 unspecified atom stereocenters. The number of carbonyl (C=O) groups is 2. The van der Waals surface area contributed by atoms with Gasteiger partial charge in [0, 0.05) is 15.3 Å². The Morgan fingerprint density at radius 3 is 1.90 bits per heavy atom. The van der Waals surface area contributed by atoms with E-state index in [-0.39, 0.29) is 17.9 Å². The van der Waals surface area contributed by atoms with Crippen molar-refractivity contribution < 1.29 is 23.8 Å². The minimum absolute atomic E-state index is 0.108. The molecule has 1 aromatic heterocycles. The quantitative estimate of drug-likeness (QED) is 0.605. The fourth-order valence-electron chi connectivity index (χ4n) is 3.43. The van der Waals surface area contributed by atoms with Crippen molar-refractivity contribution in [2.24, 2.45) is 5.92 Å². The van der Waals surface area contributed by atoms with E-state index in [0.29, 0.717) is 22.8 Å². The monoisotopic (exact) mass is 448 g/mol. The number of amides is 2. The molecule has 2 N–H and O–H groups in total. The SMILES string of the molecule is COc1cc(C(=O)N[C@H](C(=O)N[C@@H](C)c2cc(C)sc2C)C(C)C)cc(OC)c1OC. The molecule has 0 saturated carbocycles. The summed E-state index contributed by atoms with van der Waals surface area (Å²) >= 11 is 1.70. The minimum Gasteiger partial charge on any atom is -0.493 e. The molecule has 7 nitrogen and oxygen atoms in total.